The van der Waals surface area contributed by atoms with Crippen LogP contribution in [-0.4, -0.2) is 18.0 Å². The summed E-state index contributed by atoms with van der Waals surface area (Å²) in [6.07, 6.45) is 0. The Kier molecular flexibility index (Phi) is 8.79. The molecule has 0 nitrogen and oxygen atoms in total. The van der Waals surface area contributed by atoms with Crippen LogP contribution in [0, 0.1) is 0 Å². The van der Waals surface area contributed by atoms with E-state index < -0.39 is 18.0 Å². The van der Waals surface area contributed by atoms with Gasteiger partial charge in [0.05, 0.1) is 0 Å². The van der Waals surface area contributed by atoms with Gasteiger partial charge in [-0.1, -0.05) is 72.8 Å². The molecule has 0 N–H and O–H groups in total. The van der Waals surface area contributed by atoms with Crippen molar-refractivity contribution in [1.29, 1.82) is 0 Å². The lowest BCUT2D eigenvalue weighted by molar-refractivity contribution is 0.980. The molecule has 0 heterocycles. The van der Waals surface area contributed by atoms with E-state index in [9.17, 15) is 0 Å². The number of hydrogen-bond donors (Lipinski definition) is 0. The Morgan fingerprint density at radius 2 is 0.548 bits per heavy atom. The summed E-state index contributed by atoms with van der Waals surface area (Å²) >= 11 is 55.3. The largest absolute Gasteiger partial charge is 0.372 e. The van der Waals surface area contributed by atoms with Crippen molar-refractivity contribution in [3.63, 3.8) is 0 Å². The molecule has 0 aromatic heterocycles. The predicted molar refractivity (Wildman–Crippen MR) is 149 cm³/mol. The second-order valence-electron chi connectivity index (χ2n) is 6.79. The molecule has 0 saturated carbocycles. The highest BCUT2D eigenvalue weighted by molar-refractivity contribution is 7.70. The van der Waals surface area contributed by atoms with E-state index in [1.54, 1.807) is 0 Å². The Labute approximate surface area is 226 Å². The van der Waals surface area contributed by atoms with E-state index in [0.29, 0.717) is 0 Å². The van der Waals surface area contributed by atoms with Crippen LogP contribution in [0.3, 0.4) is 0 Å². The van der Waals surface area contributed by atoms with Crippen LogP contribution >= 0.6 is 99.7 Å². The summed E-state index contributed by atoms with van der Waals surface area (Å²) in [7, 11) is 0. The highest BCUT2D eigenvalue weighted by Gasteiger charge is 2.31. The van der Waals surface area contributed by atoms with Crippen LogP contribution < -0.4 is 15.6 Å². The van der Waals surface area contributed by atoms with Gasteiger partial charge in [-0.3, -0.25) is 0 Å². The molecule has 0 radical (unpaired) electrons. The van der Waals surface area contributed by atoms with Crippen molar-refractivity contribution in [1.82, 2.24) is 0 Å². The summed E-state index contributed by atoms with van der Waals surface area (Å²) in [5.74, 6) is -0.108. The fourth-order valence-electron chi connectivity index (χ4n) is 3.17. The molecule has 31 heavy (non-hydrogen) atoms. The van der Waals surface area contributed by atoms with Crippen LogP contribution in [0.4, 0.5) is 0 Å². The third kappa shape index (κ3) is 6.97. The first-order valence-corrected chi connectivity index (χ1v) is 23.9. The Morgan fingerprint density at radius 3 is 0.710 bits per heavy atom. The zero-order valence-corrected chi connectivity index (χ0v) is 25.2. The van der Waals surface area contributed by atoms with E-state index in [0.717, 1.165) is 32.3 Å². The predicted octanol–water partition coefficient (Wildman–Crippen LogP) is 7.45. The smallest absolute Gasteiger partial charge is 0.121 e. The van der Waals surface area contributed by atoms with Crippen LogP contribution in [0.15, 0.2) is 72.8 Å². The molecule has 0 bridgehead atoms. The molecule has 3 aromatic carbocycles. The standard InChI is InChI=1S/C19H13Cl9Si3/c20-29(21,22)16-7-1-13(2-8-16)19(14-3-9-17(10-4-14)30(23,24)25)15-5-11-18(12-6-15)31(26,27)28/h1-12,19H. The van der Waals surface area contributed by atoms with Gasteiger partial charge in [-0.15, -0.1) is 99.7 Å². The third-order valence-corrected chi connectivity index (χ3v) is 13.6. The summed E-state index contributed by atoms with van der Waals surface area (Å²) < 4.78 is 0. The van der Waals surface area contributed by atoms with Gasteiger partial charge < -0.3 is 0 Å². The monoisotopic (exact) mass is 640 g/mol. The number of rotatable bonds is 6. The molecule has 0 fully saturated rings. The van der Waals surface area contributed by atoms with Gasteiger partial charge in [0.1, 0.15) is 0 Å². The normalized spacial score (nSPS) is 13.0. The quantitative estimate of drug-likeness (QED) is 0.149. The number of benzene rings is 3. The Morgan fingerprint density at radius 1 is 0.355 bits per heavy atom. The van der Waals surface area contributed by atoms with Crippen LogP contribution in [-0.2, 0) is 0 Å². The van der Waals surface area contributed by atoms with Gasteiger partial charge in [0.25, 0.3) is 0 Å². The molecule has 0 unspecified atom stereocenters. The topological polar surface area (TPSA) is 0 Å². The molecule has 0 atom stereocenters. The van der Waals surface area contributed by atoms with Crippen molar-refractivity contribution >= 4 is 133 Å². The minimum atomic E-state index is -2.97. The maximum absolute atomic E-state index is 6.15. The average molecular weight is 645 g/mol. The maximum Gasteiger partial charge on any atom is 0.372 e. The number of hydrogen-bond acceptors (Lipinski definition) is 0. The van der Waals surface area contributed by atoms with Crippen molar-refractivity contribution in [2.24, 2.45) is 0 Å². The molecule has 0 saturated heterocycles. The molecule has 0 aliphatic carbocycles. The van der Waals surface area contributed by atoms with Gasteiger partial charge in [-0.05, 0) is 32.3 Å². The van der Waals surface area contributed by atoms with E-state index in [1.807, 2.05) is 72.8 Å². The van der Waals surface area contributed by atoms with Crippen molar-refractivity contribution in [2.45, 2.75) is 5.92 Å². The number of halogens is 9. The first kappa shape index (κ1) is 26.5. The summed E-state index contributed by atoms with van der Waals surface area (Å²) in [5, 5.41) is 2.15. The van der Waals surface area contributed by atoms with E-state index in [2.05, 4.69) is 0 Å². The summed E-state index contributed by atoms with van der Waals surface area (Å²) in [6.45, 7) is 0. The Balaban J connectivity index is 2.08. The highest BCUT2D eigenvalue weighted by Crippen LogP contribution is 2.33. The van der Waals surface area contributed by atoms with Crippen LogP contribution in [0.5, 0.6) is 0 Å². The SMILES string of the molecule is Cl[Si](Cl)(Cl)c1ccc(C(c2ccc([Si](Cl)(Cl)Cl)cc2)c2ccc([Si](Cl)(Cl)Cl)cc2)cc1. The molecular weight excluding hydrogens is 632 g/mol. The van der Waals surface area contributed by atoms with Crippen molar-refractivity contribution in [3.05, 3.63) is 89.5 Å². The first-order chi connectivity index (χ1) is 14.3. The molecule has 12 heteroatoms. The van der Waals surface area contributed by atoms with E-state index in [4.69, 9.17) is 99.7 Å². The fraction of sp³-hybridized carbons (Fsp3) is 0.0526. The Hall–Kier alpha value is 0.921. The molecule has 3 rings (SSSR count). The molecule has 0 spiro atoms. The lowest BCUT2D eigenvalue weighted by atomic mass is 9.85. The summed E-state index contributed by atoms with van der Waals surface area (Å²) in [5.41, 5.74) is 3.05. The van der Waals surface area contributed by atoms with Gasteiger partial charge >= 0.3 is 18.0 Å². The molecule has 164 valence electrons. The molecule has 0 aliphatic rings. The van der Waals surface area contributed by atoms with Crippen LogP contribution in [0.25, 0.3) is 0 Å². The van der Waals surface area contributed by atoms with E-state index >= 15 is 0 Å². The fourth-order valence-corrected chi connectivity index (χ4v) is 8.21. The van der Waals surface area contributed by atoms with Crippen LogP contribution in [0.1, 0.15) is 22.6 Å². The zero-order valence-electron chi connectivity index (χ0n) is 15.4. The summed E-state index contributed by atoms with van der Waals surface area (Å²) in [6, 6.07) is 14.0. The molecule has 0 amide bonds. The lowest BCUT2D eigenvalue weighted by Gasteiger charge is -2.21. The van der Waals surface area contributed by atoms with Gasteiger partial charge in [-0.25, -0.2) is 0 Å². The molecule has 0 aliphatic heterocycles. The molecule has 3 aromatic rings. The zero-order chi connectivity index (χ0) is 23.0. The van der Waals surface area contributed by atoms with E-state index in [1.165, 1.54) is 0 Å². The van der Waals surface area contributed by atoms with Gasteiger partial charge in [-0.2, -0.15) is 0 Å². The third-order valence-electron chi connectivity index (χ3n) is 4.71. The average Bonchev–Trinajstić information content (AvgIpc) is 2.67. The maximum atomic E-state index is 6.15. The molecular formula is C19H13Cl9Si3. The minimum absolute atomic E-state index is 0.108. The van der Waals surface area contributed by atoms with Crippen molar-refractivity contribution in [2.75, 3.05) is 0 Å². The van der Waals surface area contributed by atoms with Crippen LogP contribution in [0.2, 0.25) is 0 Å². The second kappa shape index (κ2) is 10.3. The van der Waals surface area contributed by atoms with Gasteiger partial charge in [0.2, 0.25) is 0 Å². The first-order valence-electron chi connectivity index (χ1n) is 8.78. The van der Waals surface area contributed by atoms with Gasteiger partial charge in [0.15, 0.2) is 0 Å². The van der Waals surface area contributed by atoms with Crippen molar-refractivity contribution in [3.8, 4) is 0 Å². The summed E-state index contributed by atoms with van der Waals surface area (Å²) in [4.78, 5) is 0. The second-order valence-corrected chi connectivity index (χ2v) is 32.0. The Bertz CT molecular complexity index is 883. The highest BCUT2D eigenvalue weighted by atomic mass is 35.9. The lowest BCUT2D eigenvalue weighted by Crippen LogP contribution is -2.30. The van der Waals surface area contributed by atoms with Gasteiger partial charge in [0, 0.05) is 5.92 Å². The van der Waals surface area contributed by atoms with Crippen molar-refractivity contribution < 1.29 is 0 Å². The van der Waals surface area contributed by atoms with E-state index in [-0.39, 0.29) is 5.92 Å². The minimum Gasteiger partial charge on any atom is -0.121 e.